The molecule has 0 unspecified atom stereocenters. The molecule has 7 nitrogen and oxygen atoms in total. The third-order valence-corrected chi connectivity index (χ3v) is 6.63. The summed E-state index contributed by atoms with van der Waals surface area (Å²) in [6.07, 6.45) is 1.65. The molecule has 1 atom stereocenters. The molecule has 4 rings (SSSR count). The van der Waals surface area contributed by atoms with Crippen molar-refractivity contribution >= 4 is 46.3 Å². The van der Waals surface area contributed by atoms with E-state index in [0.29, 0.717) is 18.8 Å². The van der Waals surface area contributed by atoms with Crippen LogP contribution in [0.1, 0.15) is 39.1 Å². The summed E-state index contributed by atoms with van der Waals surface area (Å²) in [6.45, 7) is 2.97. The number of anilines is 2. The summed E-state index contributed by atoms with van der Waals surface area (Å²) in [4.78, 5) is 26.9. The van der Waals surface area contributed by atoms with E-state index >= 15 is 0 Å². The zero-order valence-electron chi connectivity index (χ0n) is 17.3. The Morgan fingerprint density at radius 3 is 2.78 bits per heavy atom. The number of aromatic nitrogens is 2. The number of benzene rings is 2. The molecule has 3 aromatic rings. The van der Waals surface area contributed by atoms with Crippen LogP contribution in [0.15, 0.2) is 42.5 Å². The molecular formula is C22H21ClFN5O2S. The van der Waals surface area contributed by atoms with Crippen molar-refractivity contribution < 1.29 is 14.0 Å². The van der Waals surface area contributed by atoms with E-state index in [0.717, 1.165) is 29.1 Å². The first-order valence-electron chi connectivity index (χ1n) is 10.1. The van der Waals surface area contributed by atoms with Gasteiger partial charge in [0.25, 0.3) is 5.91 Å². The molecule has 1 saturated heterocycles. The normalized spacial score (nSPS) is 16.0. The molecule has 166 valence electrons. The van der Waals surface area contributed by atoms with Gasteiger partial charge in [-0.2, -0.15) is 0 Å². The molecule has 3 amide bonds. The lowest BCUT2D eigenvalue weighted by Gasteiger charge is -2.31. The minimum Gasteiger partial charge on any atom is -0.324 e. The summed E-state index contributed by atoms with van der Waals surface area (Å²) < 4.78 is 13.3. The first-order valence-corrected chi connectivity index (χ1v) is 11.3. The van der Waals surface area contributed by atoms with Gasteiger partial charge in [0, 0.05) is 30.4 Å². The number of para-hydroxylation sites is 1. The Bertz CT molecular complexity index is 1150. The fourth-order valence-electron chi connectivity index (χ4n) is 3.52. The fourth-order valence-corrected chi connectivity index (χ4v) is 4.56. The van der Waals surface area contributed by atoms with Gasteiger partial charge in [0.05, 0.1) is 5.02 Å². The number of halogens is 2. The second-order valence-electron chi connectivity index (χ2n) is 7.56. The van der Waals surface area contributed by atoms with Crippen molar-refractivity contribution in [2.75, 3.05) is 23.7 Å². The van der Waals surface area contributed by atoms with Gasteiger partial charge < -0.3 is 15.5 Å². The van der Waals surface area contributed by atoms with Crippen LogP contribution in [0.4, 0.5) is 20.6 Å². The molecule has 1 aliphatic rings. The summed E-state index contributed by atoms with van der Waals surface area (Å²) in [5.41, 5.74) is 2.12. The van der Waals surface area contributed by atoms with E-state index in [1.54, 1.807) is 4.90 Å². The largest absolute Gasteiger partial charge is 0.324 e. The predicted molar refractivity (Wildman–Crippen MR) is 123 cm³/mol. The van der Waals surface area contributed by atoms with Crippen molar-refractivity contribution in [3.8, 4) is 0 Å². The monoisotopic (exact) mass is 473 g/mol. The van der Waals surface area contributed by atoms with Crippen LogP contribution in [0.25, 0.3) is 0 Å². The molecular weight excluding hydrogens is 453 g/mol. The zero-order chi connectivity index (χ0) is 22.7. The highest BCUT2D eigenvalue weighted by atomic mass is 35.5. The average Bonchev–Trinajstić information content (AvgIpc) is 3.28. The number of urea groups is 1. The fraction of sp³-hybridized carbons (Fsp3) is 0.273. The minimum atomic E-state index is -0.541. The van der Waals surface area contributed by atoms with E-state index in [1.807, 2.05) is 31.2 Å². The summed E-state index contributed by atoms with van der Waals surface area (Å²) in [5.74, 6) is -0.855. The maximum absolute atomic E-state index is 13.3. The lowest BCUT2D eigenvalue weighted by atomic mass is 9.99. The second kappa shape index (κ2) is 9.62. The van der Waals surface area contributed by atoms with Crippen molar-refractivity contribution in [2.24, 2.45) is 0 Å². The Balaban J connectivity index is 1.39. The van der Waals surface area contributed by atoms with E-state index in [9.17, 15) is 14.0 Å². The molecule has 0 saturated carbocycles. The number of rotatable bonds is 4. The Morgan fingerprint density at radius 1 is 1.19 bits per heavy atom. The molecule has 1 fully saturated rings. The highest BCUT2D eigenvalue weighted by molar-refractivity contribution is 7.13. The van der Waals surface area contributed by atoms with Crippen molar-refractivity contribution in [1.82, 2.24) is 15.1 Å². The first kappa shape index (κ1) is 22.2. The number of amides is 3. The van der Waals surface area contributed by atoms with Gasteiger partial charge in [-0.25, -0.2) is 9.18 Å². The molecule has 1 aromatic heterocycles. The summed E-state index contributed by atoms with van der Waals surface area (Å²) in [6, 6.07) is 11.3. The number of hydrogen-bond donors (Lipinski definition) is 2. The quantitative estimate of drug-likeness (QED) is 0.538. The number of aryl methyl sites for hydroxylation is 1. The average molecular weight is 474 g/mol. The maximum atomic E-state index is 13.3. The molecule has 2 heterocycles. The van der Waals surface area contributed by atoms with Crippen LogP contribution in [0.2, 0.25) is 5.02 Å². The Hall–Kier alpha value is -3.04. The molecule has 2 aromatic carbocycles. The van der Waals surface area contributed by atoms with E-state index in [4.69, 9.17) is 11.6 Å². The molecule has 32 heavy (non-hydrogen) atoms. The third kappa shape index (κ3) is 5.05. The van der Waals surface area contributed by atoms with E-state index in [1.165, 1.54) is 29.5 Å². The molecule has 0 spiro atoms. The van der Waals surface area contributed by atoms with Gasteiger partial charge in [0.2, 0.25) is 5.01 Å². The molecule has 1 aliphatic heterocycles. The van der Waals surface area contributed by atoms with Crippen molar-refractivity contribution in [3.05, 3.63) is 68.9 Å². The number of hydrogen-bond acceptors (Lipinski definition) is 5. The standard InChI is InChI=1S/C22H21ClFN5O2S/c1-13-5-2-3-7-18(13)26-19(30)21-28-27-20(32-21)14-6-4-10-29(12-14)22(31)25-15-8-9-17(24)16(23)11-15/h2-3,5,7-9,11,14H,4,6,10,12H2,1H3,(H,25,31)(H,26,30)/t14-/m0/s1. The summed E-state index contributed by atoms with van der Waals surface area (Å²) >= 11 is 7.03. The van der Waals surface area contributed by atoms with Gasteiger partial charge in [-0.05, 0) is 49.6 Å². The second-order valence-corrected chi connectivity index (χ2v) is 8.98. The van der Waals surface area contributed by atoms with Crippen LogP contribution >= 0.6 is 22.9 Å². The van der Waals surface area contributed by atoms with Crippen LogP contribution in [0, 0.1) is 12.7 Å². The number of carbonyl (C=O) groups is 2. The minimum absolute atomic E-state index is 0.0104. The van der Waals surface area contributed by atoms with Crippen LogP contribution in [0.3, 0.4) is 0 Å². The van der Waals surface area contributed by atoms with Gasteiger partial charge in [-0.15, -0.1) is 10.2 Å². The van der Waals surface area contributed by atoms with E-state index in [2.05, 4.69) is 20.8 Å². The topological polar surface area (TPSA) is 87.2 Å². The van der Waals surface area contributed by atoms with E-state index < -0.39 is 5.82 Å². The number of likely N-dealkylation sites (tertiary alicyclic amines) is 1. The first-order chi connectivity index (χ1) is 15.4. The van der Waals surface area contributed by atoms with E-state index in [-0.39, 0.29) is 27.9 Å². The molecule has 10 heteroatoms. The molecule has 2 N–H and O–H groups in total. The van der Waals surface area contributed by atoms with Crippen molar-refractivity contribution in [1.29, 1.82) is 0 Å². The van der Waals surface area contributed by atoms with Gasteiger partial charge in [0.1, 0.15) is 10.8 Å². The molecule has 0 aliphatic carbocycles. The number of nitrogens with zero attached hydrogens (tertiary/aromatic N) is 3. The van der Waals surface area contributed by atoms with Gasteiger partial charge in [-0.1, -0.05) is 41.1 Å². The van der Waals surface area contributed by atoms with Gasteiger partial charge in [-0.3, -0.25) is 4.79 Å². The Morgan fingerprint density at radius 2 is 2.00 bits per heavy atom. The SMILES string of the molecule is Cc1ccccc1NC(=O)c1nnc([C@H]2CCCN(C(=O)Nc3ccc(F)c(Cl)c3)C2)s1. The van der Waals surface area contributed by atoms with Gasteiger partial charge in [0.15, 0.2) is 0 Å². The number of carbonyl (C=O) groups excluding carboxylic acids is 2. The van der Waals surface area contributed by atoms with Crippen LogP contribution in [0.5, 0.6) is 0 Å². The lowest BCUT2D eigenvalue weighted by Crippen LogP contribution is -2.41. The Kier molecular flexibility index (Phi) is 6.66. The highest BCUT2D eigenvalue weighted by Crippen LogP contribution is 2.30. The smallest absolute Gasteiger partial charge is 0.321 e. The Labute approximate surface area is 193 Å². The predicted octanol–water partition coefficient (Wildman–Crippen LogP) is 5.30. The number of piperidine rings is 1. The molecule has 0 bridgehead atoms. The maximum Gasteiger partial charge on any atom is 0.321 e. The highest BCUT2D eigenvalue weighted by Gasteiger charge is 2.28. The number of nitrogens with one attached hydrogen (secondary N) is 2. The van der Waals surface area contributed by atoms with Gasteiger partial charge >= 0.3 is 6.03 Å². The summed E-state index contributed by atoms with van der Waals surface area (Å²) in [5, 5.41) is 14.8. The zero-order valence-corrected chi connectivity index (χ0v) is 18.8. The molecule has 0 radical (unpaired) electrons. The van der Waals surface area contributed by atoms with Crippen LogP contribution in [-0.2, 0) is 0 Å². The lowest BCUT2D eigenvalue weighted by molar-refractivity contribution is 0.102. The van der Waals surface area contributed by atoms with Crippen molar-refractivity contribution in [2.45, 2.75) is 25.7 Å². The summed E-state index contributed by atoms with van der Waals surface area (Å²) in [7, 11) is 0. The van der Waals surface area contributed by atoms with Crippen LogP contribution in [-0.4, -0.2) is 40.1 Å². The third-order valence-electron chi connectivity index (χ3n) is 5.26. The van der Waals surface area contributed by atoms with Crippen molar-refractivity contribution in [3.63, 3.8) is 0 Å². The van der Waals surface area contributed by atoms with Crippen LogP contribution < -0.4 is 10.6 Å².